The fraction of sp³-hybridized carbons (Fsp3) is 0.600. The lowest BCUT2D eigenvalue weighted by atomic mass is 9.61. The van der Waals surface area contributed by atoms with E-state index in [-0.39, 0.29) is 11.5 Å². The van der Waals surface area contributed by atoms with Crippen LogP contribution in [0.15, 0.2) is 16.6 Å². The monoisotopic (exact) mass is 379 g/mol. The number of benzene rings is 1. The van der Waals surface area contributed by atoms with Crippen LogP contribution in [0.2, 0.25) is 10.0 Å². The minimum atomic E-state index is 0.138. The first-order valence-corrected chi connectivity index (χ1v) is 8.51. The number of halogens is 3. The van der Waals surface area contributed by atoms with Gasteiger partial charge in [-0.15, -0.1) is 0 Å². The topological polar surface area (TPSA) is 21.3 Å². The first kappa shape index (κ1) is 16.4. The van der Waals surface area contributed by atoms with E-state index in [9.17, 15) is 0 Å². The number of hydrogen-bond donors (Lipinski definition) is 1. The third-order valence-electron chi connectivity index (χ3n) is 4.44. The van der Waals surface area contributed by atoms with E-state index in [0.717, 1.165) is 23.9 Å². The lowest BCUT2D eigenvalue weighted by Gasteiger charge is -2.53. The number of ether oxygens (including phenoxy) is 1. The van der Waals surface area contributed by atoms with Crippen LogP contribution in [-0.4, -0.2) is 18.7 Å². The lowest BCUT2D eigenvalue weighted by molar-refractivity contribution is -0.0696. The van der Waals surface area contributed by atoms with Crippen molar-refractivity contribution in [1.82, 2.24) is 5.32 Å². The van der Waals surface area contributed by atoms with Crippen LogP contribution in [0.1, 0.15) is 33.6 Å². The highest BCUT2D eigenvalue weighted by Gasteiger charge is 2.51. The summed E-state index contributed by atoms with van der Waals surface area (Å²) in [5.41, 5.74) is 0.138. The molecule has 1 N–H and O–H groups in total. The summed E-state index contributed by atoms with van der Waals surface area (Å²) in [7, 11) is 0. The molecule has 5 heteroatoms. The van der Waals surface area contributed by atoms with E-state index < -0.39 is 0 Å². The Bertz CT molecular complexity index is 497. The molecule has 0 spiro atoms. The normalized spacial score (nSPS) is 29.1. The molecule has 1 aromatic carbocycles. The molecule has 1 aromatic rings. The number of nitrogens with one attached hydrogen (secondary N) is 1. The SMILES string of the molecule is CCNC1CC(Oc2cc(Cl)c(Br)cc2Cl)C1(C)CC. The van der Waals surface area contributed by atoms with E-state index in [1.807, 2.05) is 0 Å². The van der Waals surface area contributed by atoms with Crippen molar-refractivity contribution in [2.24, 2.45) is 5.41 Å². The Morgan fingerprint density at radius 2 is 2.05 bits per heavy atom. The summed E-state index contributed by atoms with van der Waals surface area (Å²) in [5.74, 6) is 0.666. The predicted molar refractivity (Wildman–Crippen MR) is 89.1 cm³/mol. The van der Waals surface area contributed by atoms with Gasteiger partial charge < -0.3 is 10.1 Å². The summed E-state index contributed by atoms with van der Waals surface area (Å²) in [6, 6.07) is 4.07. The van der Waals surface area contributed by atoms with Crippen molar-refractivity contribution in [3.8, 4) is 5.75 Å². The van der Waals surface area contributed by atoms with Crippen LogP contribution in [0.25, 0.3) is 0 Å². The molecule has 3 atom stereocenters. The van der Waals surface area contributed by atoms with Crippen LogP contribution in [0.4, 0.5) is 0 Å². The second-order valence-electron chi connectivity index (χ2n) is 5.51. The van der Waals surface area contributed by atoms with Crippen LogP contribution in [0.3, 0.4) is 0 Å². The second-order valence-corrected chi connectivity index (χ2v) is 7.18. The first-order valence-electron chi connectivity index (χ1n) is 6.97. The molecule has 0 bridgehead atoms. The summed E-state index contributed by atoms with van der Waals surface area (Å²) in [5, 5.41) is 4.73. The zero-order chi connectivity index (χ0) is 14.9. The Balaban J connectivity index is 2.13. The molecule has 1 aliphatic rings. The van der Waals surface area contributed by atoms with Gasteiger partial charge in [-0.3, -0.25) is 0 Å². The van der Waals surface area contributed by atoms with Gasteiger partial charge in [-0.05, 0) is 35.0 Å². The van der Waals surface area contributed by atoms with Crippen LogP contribution in [0, 0.1) is 5.41 Å². The molecule has 112 valence electrons. The van der Waals surface area contributed by atoms with Crippen molar-refractivity contribution in [1.29, 1.82) is 0 Å². The fourth-order valence-corrected chi connectivity index (χ4v) is 3.62. The third kappa shape index (κ3) is 2.96. The fourth-order valence-electron chi connectivity index (χ4n) is 2.78. The summed E-state index contributed by atoms with van der Waals surface area (Å²) in [6.07, 6.45) is 2.24. The van der Waals surface area contributed by atoms with Crippen molar-refractivity contribution in [2.75, 3.05) is 6.54 Å². The first-order chi connectivity index (χ1) is 9.42. The van der Waals surface area contributed by atoms with Crippen LogP contribution < -0.4 is 10.1 Å². The predicted octanol–water partition coefficient (Wildman–Crippen LogP) is 5.30. The molecular weight excluding hydrogens is 361 g/mol. The Morgan fingerprint density at radius 3 is 2.65 bits per heavy atom. The molecule has 20 heavy (non-hydrogen) atoms. The molecule has 0 aromatic heterocycles. The Labute approximate surface area is 139 Å². The van der Waals surface area contributed by atoms with Gasteiger partial charge in [0.05, 0.1) is 10.0 Å². The van der Waals surface area contributed by atoms with Gasteiger partial charge >= 0.3 is 0 Å². The molecule has 0 aliphatic heterocycles. The largest absolute Gasteiger partial charge is 0.488 e. The highest BCUT2D eigenvalue weighted by molar-refractivity contribution is 9.10. The lowest BCUT2D eigenvalue weighted by Crippen LogP contribution is -2.63. The van der Waals surface area contributed by atoms with Crippen LogP contribution in [-0.2, 0) is 0 Å². The highest BCUT2D eigenvalue weighted by atomic mass is 79.9. The van der Waals surface area contributed by atoms with Crippen molar-refractivity contribution >= 4 is 39.1 Å². The molecule has 3 unspecified atom stereocenters. The molecule has 2 rings (SSSR count). The molecule has 1 fully saturated rings. The zero-order valence-corrected chi connectivity index (χ0v) is 15.1. The van der Waals surface area contributed by atoms with E-state index in [2.05, 4.69) is 42.0 Å². The molecule has 0 heterocycles. The van der Waals surface area contributed by atoms with Crippen molar-refractivity contribution in [2.45, 2.75) is 45.8 Å². The van der Waals surface area contributed by atoms with Gasteiger partial charge in [0.1, 0.15) is 11.9 Å². The quantitative estimate of drug-likeness (QED) is 0.699. The average Bonchev–Trinajstić information content (AvgIpc) is 2.42. The van der Waals surface area contributed by atoms with Gasteiger partial charge in [0.2, 0.25) is 0 Å². The Hall–Kier alpha value is 0.0400. The molecule has 1 saturated carbocycles. The molecular formula is C15H20BrCl2NO. The van der Waals surface area contributed by atoms with Crippen LogP contribution in [0.5, 0.6) is 5.75 Å². The van der Waals surface area contributed by atoms with E-state index in [4.69, 9.17) is 27.9 Å². The van der Waals surface area contributed by atoms with Gasteiger partial charge in [0, 0.05) is 28.4 Å². The van der Waals surface area contributed by atoms with Gasteiger partial charge in [-0.25, -0.2) is 0 Å². The maximum atomic E-state index is 6.23. The molecule has 0 radical (unpaired) electrons. The summed E-state index contributed by atoms with van der Waals surface area (Å²) in [4.78, 5) is 0. The molecule has 0 amide bonds. The van der Waals surface area contributed by atoms with Gasteiger partial charge in [0.25, 0.3) is 0 Å². The maximum absolute atomic E-state index is 6.23. The van der Waals surface area contributed by atoms with Crippen LogP contribution >= 0.6 is 39.1 Å². The zero-order valence-electron chi connectivity index (χ0n) is 12.0. The third-order valence-corrected chi connectivity index (χ3v) is 5.93. The molecule has 1 aliphatic carbocycles. The number of rotatable bonds is 5. The molecule has 2 nitrogen and oxygen atoms in total. The summed E-state index contributed by atoms with van der Waals surface area (Å²) in [6.45, 7) is 7.59. The van der Waals surface area contributed by atoms with Gasteiger partial charge in [-0.2, -0.15) is 0 Å². The number of hydrogen-bond acceptors (Lipinski definition) is 2. The minimum absolute atomic E-state index is 0.138. The summed E-state index contributed by atoms with van der Waals surface area (Å²) < 4.78 is 6.91. The minimum Gasteiger partial charge on any atom is -0.488 e. The van der Waals surface area contributed by atoms with Gasteiger partial charge in [-0.1, -0.05) is 44.0 Å². The molecule has 0 saturated heterocycles. The van der Waals surface area contributed by atoms with Crippen molar-refractivity contribution < 1.29 is 4.74 Å². The van der Waals surface area contributed by atoms with Crippen molar-refractivity contribution in [3.05, 3.63) is 26.7 Å². The standard InChI is InChI=1S/C15H20BrCl2NO/c1-4-15(3)13(19-5-2)8-14(15)20-12-7-10(17)9(16)6-11(12)18/h6-7,13-14,19H,4-5,8H2,1-3H3. The summed E-state index contributed by atoms with van der Waals surface area (Å²) >= 11 is 15.7. The van der Waals surface area contributed by atoms with E-state index in [1.165, 1.54) is 0 Å². The Kier molecular flexibility index (Phi) is 5.28. The van der Waals surface area contributed by atoms with Gasteiger partial charge in [0.15, 0.2) is 0 Å². The maximum Gasteiger partial charge on any atom is 0.139 e. The van der Waals surface area contributed by atoms with E-state index >= 15 is 0 Å². The van der Waals surface area contributed by atoms with Crippen molar-refractivity contribution in [3.63, 3.8) is 0 Å². The highest BCUT2D eigenvalue weighted by Crippen LogP contribution is 2.47. The second kappa shape index (κ2) is 6.43. The van der Waals surface area contributed by atoms with E-state index in [0.29, 0.717) is 21.8 Å². The smallest absolute Gasteiger partial charge is 0.139 e. The Morgan fingerprint density at radius 1 is 1.35 bits per heavy atom. The van der Waals surface area contributed by atoms with E-state index in [1.54, 1.807) is 12.1 Å². The average molecular weight is 381 g/mol.